The second-order valence-corrected chi connectivity index (χ2v) is 6.35. The fourth-order valence-corrected chi connectivity index (χ4v) is 3.22. The van der Waals surface area contributed by atoms with Gasteiger partial charge in [0.25, 0.3) is 5.56 Å². The second kappa shape index (κ2) is 6.43. The number of aryl methyl sites for hydroxylation is 1. The van der Waals surface area contributed by atoms with Gasteiger partial charge in [0.2, 0.25) is 0 Å². The van der Waals surface area contributed by atoms with Crippen LogP contribution in [-0.4, -0.2) is 40.6 Å². The molecular formula is C18H16N6O4. The first kappa shape index (κ1) is 17.6. The van der Waals surface area contributed by atoms with Gasteiger partial charge in [0.1, 0.15) is 6.04 Å². The highest BCUT2D eigenvalue weighted by molar-refractivity contribution is 5.77. The van der Waals surface area contributed by atoms with Crippen molar-refractivity contribution in [3.05, 3.63) is 69.5 Å². The molecule has 0 aliphatic rings. The highest BCUT2D eigenvalue weighted by Gasteiger charge is 2.19. The summed E-state index contributed by atoms with van der Waals surface area (Å²) in [6, 6.07) is 3.67. The molecule has 0 saturated carbocycles. The predicted molar refractivity (Wildman–Crippen MR) is 101 cm³/mol. The zero-order valence-corrected chi connectivity index (χ0v) is 14.8. The summed E-state index contributed by atoms with van der Waals surface area (Å²) in [5.74, 6) is -1.12. The molecule has 0 radical (unpaired) electrons. The summed E-state index contributed by atoms with van der Waals surface area (Å²) < 4.78 is 4.02. The molecular weight excluding hydrogens is 364 g/mol. The summed E-state index contributed by atoms with van der Waals surface area (Å²) >= 11 is 0. The van der Waals surface area contributed by atoms with Gasteiger partial charge in [0.05, 0.1) is 22.8 Å². The third-order valence-corrected chi connectivity index (χ3v) is 4.67. The van der Waals surface area contributed by atoms with Gasteiger partial charge >= 0.3 is 11.7 Å². The molecule has 3 N–H and O–H groups in total. The molecule has 4 rings (SSSR count). The van der Waals surface area contributed by atoms with Gasteiger partial charge in [0.15, 0.2) is 5.65 Å². The lowest BCUT2D eigenvalue weighted by Crippen LogP contribution is -2.38. The van der Waals surface area contributed by atoms with E-state index in [0.717, 1.165) is 4.57 Å². The lowest BCUT2D eigenvalue weighted by Gasteiger charge is -2.14. The molecule has 0 aliphatic heterocycles. The lowest BCUT2D eigenvalue weighted by molar-refractivity contribution is -0.138. The van der Waals surface area contributed by atoms with Crippen LogP contribution in [0.4, 0.5) is 0 Å². The minimum Gasteiger partial charge on any atom is -0.480 e. The molecule has 4 aromatic heterocycles. The van der Waals surface area contributed by atoms with E-state index in [1.54, 1.807) is 35.8 Å². The van der Waals surface area contributed by atoms with Crippen LogP contribution in [0.3, 0.4) is 0 Å². The molecule has 4 aromatic rings. The molecule has 0 bridgehead atoms. The fraction of sp³-hybridized carbons (Fsp3) is 0.167. The number of carboxylic acid groups (broad SMARTS) is 1. The Morgan fingerprint density at radius 3 is 2.79 bits per heavy atom. The Labute approximate surface area is 157 Å². The van der Waals surface area contributed by atoms with E-state index in [1.165, 1.54) is 23.2 Å². The molecule has 10 nitrogen and oxygen atoms in total. The number of imidazole rings is 1. The average molecular weight is 380 g/mol. The number of carboxylic acids is 1. The van der Waals surface area contributed by atoms with Gasteiger partial charge in [-0.2, -0.15) is 0 Å². The molecule has 0 aliphatic carbocycles. The van der Waals surface area contributed by atoms with Crippen molar-refractivity contribution in [2.75, 3.05) is 0 Å². The van der Waals surface area contributed by atoms with Gasteiger partial charge in [-0.25, -0.2) is 14.3 Å². The number of aliphatic carboxylic acids is 1. The molecule has 0 spiro atoms. The number of hydrogen-bond acceptors (Lipinski definition) is 6. The van der Waals surface area contributed by atoms with Crippen molar-refractivity contribution in [2.45, 2.75) is 12.5 Å². The summed E-state index contributed by atoms with van der Waals surface area (Å²) in [6.07, 6.45) is 6.15. The Hall–Kier alpha value is -3.79. The molecule has 0 fully saturated rings. The van der Waals surface area contributed by atoms with Gasteiger partial charge in [-0.15, -0.1) is 0 Å². The van der Waals surface area contributed by atoms with Crippen LogP contribution in [0.25, 0.3) is 22.2 Å². The molecule has 0 saturated heterocycles. The maximum atomic E-state index is 13.0. The van der Waals surface area contributed by atoms with Gasteiger partial charge in [-0.3, -0.25) is 19.1 Å². The molecule has 0 aromatic carbocycles. The van der Waals surface area contributed by atoms with Crippen molar-refractivity contribution in [1.82, 2.24) is 23.5 Å². The van der Waals surface area contributed by atoms with Crippen molar-refractivity contribution in [1.29, 1.82) is 0 Å². The average Bonchev–Trinajstić information content (AvgIpc) is 3.18. The first-order valence-electron chi connectivity index (χ1n) is 8.39. The predicted octanol–water partition coefficient (Wildman–Crippen LogP) is -0.313. The maximum Gasteiger partial charge on any atom is 0.336 e. The summed E-state index contributed by atoms with van der Waals surface area (Å²) in [5, 5.41) is 9.40. The van der Waals surface area contributed by atoms with E-state index in [0.29, 0.717) is 27.9 Å². The third kappa shape index (κ3) is 2.58. The standard InChI is InChI=1S/C18H16N6O4/c1-22-14-9-20-5-4-11(14)16(25)24(18(22)28)13-3-2-10(8-12(19)17(26)27)23-7-6-21-15(13)23/h2-7,9,12H,8,19H2,1H3,(H,26,27)/t12-/m0/s1. The van der Waals surface area contributed by atoms with Gasteiger partial charge in [-0.05, 0) is 18.2 Å². The van der Waals surface area contributed by atoms with Crippen LogP contribution in [-0.2, 0) is 18.3 Å². The van der Waals surface area contributed by atoms with Crippen LogP contribution in [0, 0.1) is 0 Å². The Kier molecular flexibility index (Phi) is 4.04. The number of rotatable bonds is 4. The highest BCUT2D eigenvalue weighted by Crippen LogP contribution is 2.17. The molecule has 4 heterocycles. The second-order valence-electron chi connectivity index (χ2n) is 6.35. The molecule has 0 amide bonds. The molecule has 0 unspecified atom stereocenters. The number of carbonyl (C=O) groups is 1. The van der Waals surface area contributed by atoms with E-state index in [4.69, 9.17) is 10.8 Å². The van der Waals surface area contributed by atoms with E-state index >= 15 is 0 Å². The van der Waals surface area contributed by atoms with Crippen molar-refractivity contribution >= 4 is 22.5 Å². The summed E-state index contributed by atoms with van der Waals surface area (Å²) in [4.78, 5) is 45.2. The zero-order chi connectivity index (χ0) is 20.0. The highest BCUT2D eigenvalue weighted by atomic mass is 16.4. The number of aromatic nitrogens is 5. The topological polar surface area (TPSA) is 138 Å². The monoisotopic (exact) mass is 380 g/mol. The quantitative estimate of drug-likeness (QED) is 0.495. The van der Waals surface area contributed by atoms with Gasteiger partial charge in [0, 0.05) is 37.8 Å². The first-order chi connectivity index (χ1) is 13.4. The molecule has 1 atom stereocenters. The van der Waals surface area contributed by atoms with E-state index < -0.39 is 23.3 Å². The Morgan fingerprint density at radius 2 is 2.04 bits per heavy atom. The van der Waals surface area contributed by atoms with Crippen molar-refractivity contribution in [3.8, 4) is 5.69 Å². The Bertz CT molecular complexity index is 1350. The van der Waals surface area contributed by atoms with E-state index in [-0.39, 0.29) is 6.42 Å². The molecule has 28 heavy (non-hydrogen) atoms. The number of pyridine rings is 2. The van der Waals surface area contributed by atoms with E-state index in [2.05, 4.69) is 9.97 Å². The van der Waals surface area contributed by atoms with Crippen LogP contribution < -0.4 is 17.0 Å². The minimum absolute atomic E-state index is 0.0682. The van der Waals surface area contributed by atoms with E-state index in [9.17, 15) is 14.4 Å². The third-order valence-electron chi connectivity index (χ3n) is 4.67. The number of hydrogen-bond donors (Lipinski definition) is 2. The lowest BCUT2D eigenvalue weighted by atomic mass is 10.1. The van der Waals surface area contributed by atoms with Crippen molar-refractivity contribution in [2.24, 2.45) is 12.8 Å². The molecule has 10 heteroatoms. The summed E-state index contributed by atoms with van der Waals surface area (Å²) in [5.41, 5.74) is 6.29. The zero-order valence-electron chi connectivity index (χ0n) is 14.8. The maximum absolute atomic E-state index is 13.0. The normalized spacial score (nSPS) is 12.5. The summed E-state index contributed by atoms with van der Waals surface area (Å²) in [7, 11) is 1.56. The first-order valence-corrected chi connectivity index (χ1v) is 8.39. The van der Waals surface area contributed by atoms with Crippen molar-refractivity contribution < 1.29 is 9.90 Å². The number of nitrogens with two attached hydrogens (primary N) is 1. The summed E-state index contributed by atoms with van der Waals surface area (Å²) in [6.45, 7) is 0. The van der Waals surface area contributed by atoms with Crippen LogP contribution in [0.15, 0.2) is 52.6 Å². The SMILES string of the molecule is Cn1c(=O)n(-c2ccc(C[C@H](N)C(=O)O)n3ccnc23)c(=O)c2ccncc21. The van der Waals surface area contributed by atoms with Gasteiger partial charge in [-0.1, -0.05) is 0 Å². The van der Waals surface area contributed by atoms with Crippen LogP contribution in [0.1, 0.15) is 5.69 Å². The minimum atomic E-state index is -1.12. The molecule has 142 valence electrons. The Balaban J connectivity index is 2.00. The van der Waals surface area contributed by atoms with Gasteiger partial charge < -0.3 is 15.2 Å². The smallest absolute Gasteiger partial charge is 0.336 e. The van der Waals surface area contributed by atoms with Crippen LogP contribution in [0.5, 0.6) is 0 Å². The van der Waals surface area contributed by atoms with Crippen molar-refractivity contribution in [3.63, 3.8) is 0 Å². The number of fused-ring (bicyclic) bond motifs is 2. The largest absolute Gasteiger partial charge is 0.480 e. The van der Waals surface area contributed by atoms with E-state index in [1.807, 2.05) is 0 Å². The van der Waals surface area contributed by atoms with Crippen LogP contribution in [0.2, 0.25) is 0 Å². The fourth-order valence-electron chi connectivity index (χ4n) is 3.22. The van der Waals surface area contributed by atoms with Crippen LogP contribution >= 0.6 is 0 Å². The Morgan fingerprint density at radius 1 is 1.25 bits per heavy atom. The number of nitrogens with zero attached hydrogens (tertiary/aromatic N) is 5.